The van der Waals surface area contributed by atoms with Gasteiger partial charge in [0.05, 0.1) is 5.70 Å². The lowest BCUT2D eigenvalue weighted by atomic mass is 10.1. The molecule has 0 bridgehead atoms. The first kappa shape index (κ1) is 11.6. The van der Waals surface area contributed by atoms with Crippen molar-refractivity contribution in [2.45, 2.75) is 39.2 Å². The number of nitrogens with one attached hydrogen (secondary N) is 1. The van der Waals surface area contributed by atoms with Crippen molar-refractivity contribution in [3.63, 3.8) is 0 Å². The van der Waals surface area contributed by atoms with Crippen molar-refractivity contribution in [1.29, 1.82) is 0 Å². The second-order valence-corrected chi connectivity index (χ2v) is 4.72. The highest BCUT2D eigenvalue weighted by Crippen LogP contribution is 2.21. The van der Waals surface area contributed by atoms with Gasteiger partial charge >= 0.3 is 0 Å². The number of allylic oxidation sites excluding steroid dienone is 2. The van der Waals surface area contributed by atoms with Crippen molar-refractivity contribution < 1.29 is 5.21 Å². The number of hydroxylamine groups is 1. The van der Waals surface area contributed by atoms with Gasteiger partial charge < -0.3 is 0 Å². The molecule has 0 spiro atoms. The molecule has 0 saturated heterocycles. The first-order valence-corrected chi connectivity index (χ1v) is 6.03. The van der Waals surface area contributed by atoms with E-state index >= 15 is 0 Å². The SMILES string of the molecule is CCC1CCCS/C(C)=C(\NO)C=N1. The zero-order valence-electron chi connectivity index (χ0n) is 8.79. The molecular formula is C10H18N2OS. The van der Waals surface area contributed by atoms with Crippen molar-refractivity contribution in [3.05, 3.63) is 10.6 Å². The smallest absolute Gasteiger partial charge is 0.0872 e. The van der Waals surface area contributed by atoms with E-state index in [1.54, 1.807) is 18.0 Å². The van der Waals surface area contributed by atoms with Crippen molar-refractivity contribution in [2.24, 2.45) is 4.99 Å². The summed E-state index contributed by atoms with van der Waals surface area (Å²) in [5.41, 5.74) is 2.94. The summed E-state index contributed by atoms with van der Waals surface area (Å²) < 4.78 is 0. The Hall–Kier alpha value is -0.480. The quantitative estimate of drug-likeness (QED) is 0.694. The zero-order valence-corrected chi connectivity index (χ0v) is 9.60. The molecule has 4 heteroatoms. The monoisotopic (exact) mass is 214 g/mol. The minimum Gasteiger partial charge on any atom is -0.291 e. The van der Waals surface area contributed by atoms with Gasteiger partial charge in [0.1, 0.15) is 0 Å². The van der Waals surface area contributed by atoms with Crippen LogP contribution in [-0.4, -0.2) is 23.2 Å². The Balaban J connectivity index is 2.75. The second-order valence-electron chi connectivity index (χ2n) is 3.41. The third kappa shape index (κ3) is 3.35. The number of hydrogen-bond donors (Lipinski definition) is 2. The number of rotatable bonds is 2. The van der Waals surface area contributed by atoms with Gasteiger partial charge in [0.25, 0.3) is 0 Å². The van der Waals surface area contributed by atoms with E-state index in [4.69, 9.17) is 5.21 Å². The summed E-state index contributed by atoms with van der Waals surface area (Å²) >= 11 is 1.78. The van der Waals surface area contributed by atoms with Crippen LogP contribution >= 0.6 is 11.8 Å². The molecule has 0 aromatic heterocycles. The maximum Gasteiger partial charge on any atom is 0.0872 e. The Morgan fingerprint density at radius 1 is 1.71 bits per heavy atom. The molecule has 0 aromatic carbocycles. The van der Waals surface area contributed by atoms with Crippen LogP contribution in [0.5, 0.6) is 0 Å². The third-order valence-corrected chi connectivity index (χ3v) is 3.53. The molecule has 80 valence electrons. The fourth-order valence-corrected chi connectivity index (χ4v) is 2.26. The van der Waals surface area contributed by atoms with Crippen molar-refractivity contribution in [3.8, 4) is 0 Å². The van der Waals surface area contributed by atoms with Crippen LogP contribution in [0, 0.1) is 0 Å². The van der Waals surface area contributed by atoms with Gasteiger partial charge in [-0.2, -0.15) is 0 Å². The largest absolute Gasteiger partial charge is 0.291 e. The normalized spacial score (nSPS) is 29.2. The van der Waals surface area contributed by atoms with E-state index in [0.717, 1.165) is 29.2 Å². The van der Waals surface area contributed by atoms with Crippen molar-refractivity contribution in [1.82, 2.24) is 5.48 Å². The number of aliphatic imine (C=N–C) groups is 1. The Morgan fingerprint density at radius 2 is 2.50 bits per heavy atom. The van der Waals surface area contributed by atoms with E-state index in [2.05, 4.69) is 17.4 Å². The average molecular weight is 214 g/mol. The summed E-state index contributed by atoms with van der Waals surface area (Å²) in [5.74, 6) is 1.11. The molecule has 2 N–H and O–H groups in total. The van der Waals surface area contributed by atoms with Crippen LogP contribution < -0.4 is 5.48 Å². The molecule has 0 aliphatic carbocycles. The van der Waals surface area contributed by atoms with Gasteiger partial charge in [-0.15, -0.1) is 11.8 Å². The van der Waals surface area contributed by atoms with Gasteiger partial charge in [-0.1, -0.05) is 6.92 Å². The summed E-state index contributed by atoms with van der Waals surface area (Å²) in [6, 6.07) is 0.407. The molecule has 1 rings (SSSR count). The van der Waals surface area contributed by atoms with Crippen molar-refractivity contribution >= 4 is 18.0 Å². The highest BCUT2D eigenvalue weighted by atomic mass is 32.2. The number of nitrogens with zero attached hydrogens (tertiary/aromatic N) is 1. The van der Waals surface area contributed by atoms with Crippen LogP contribution in [0.1, 0.15) is 33.1 Å². The maximum absolute atomic E-state index is 8.92. The summed E-state index contributed by atoms with van der Waals surface area (Å²) in [7, 11) is 0. The highest BCUT2D eigenvalue weighted by molar-refractivity contribution is 8.03. The van der Waals surface area contributed by atoms with E-state index < -0.39 is 0 Å². The fraction of sp³-hybridized carbons (Fsp3) is 0.700. The van der Waals surface area contributed by atoms with E-state index in [9.17, 15) is 0 Å². The van der Waals surface area contributed by atoms with Crippen LogP contribution in [-0.2, 0) is 0 Å². The Morgan fingerprint density at radius 3 is 3.14 bits per heavy atom. The molecule has 1 heterocycles. The minimum atomic E-state index is 0.407. The van der Waals surface area contributed by atoms with E-state index in [1.165, 1.54) is 6.42 Å². The highest BCUT2D eigenvalue weighted by Gasteiger charge is 2.07. The van der Waals surface area contributed by atoms with E-state index in [-0.39, 0.29) is 0 Å². The zero-order chi connectivity index (χ0) is 10.4. The minimum absolute atomic E-state index is 0.407. The molecule has 1 atom stereocenters. The third-order valence-electron chi connectivity index (χ3n) is 2.39. The summed E-state index contributed by atoms with van der Waals surface area (Å²) in [6.45, 7) is 4.15. The standard InChI is InChI=1S/C10H18N2OS/c1-3-9-5-4-6-14-8(2)10(12-13)7-11-9/h7,9,12-13H,3-6H2,1-2H3/b10-8-,11-7?. The first-order chi connectivity index (χ1) is 6.77. The Bertz CT molecular complexity index is 238. The lowest BCUT2D eigenvalue weighted by Crippen LogP contribution is -2.11. The Labute approximate surface area is 89.6 Å². The van der Waals surface area contributed by atoms with E-state index in [0.29, 0.717) is 6.04 Å². The molecule has 0 amide bonds. The van der Waals surface area contributed by atoms with Crippen LogP contribution in [0.2, 0.25) is 0 Å². The maximum atomic E-state index is 8.92. The Kier molecular flexibility index (Phi) is 5.04. The molecule has 0 radical (unpaired) electrons. The predicted molar refractivity (Wildman–Crippen MR) is 61.9 cm³/mol. The van der Waals surface area contributed by atoms with Crippen LogP contribution in [0.25, 0.3) is 0 Å². The van der Waals surface area contributed by atoms with Crippen LogP contribution in [0.4, 0.5) is 0 Å². The molecule has 0 aromatic rings. The van der Waals surface area contributed by atoms with E-state index in [1.807, 2.05) is 6.92 Å². The predicted octanol–water partition coefficient (Wildman–Crippen LogP) is 2.57. The summed E-state index contributed by atoms with van der Waals surface area (Å²) in [5, 5.41) is 8.92. The second kappa shape index (κ2) is 6.09. The molecule has 14 heavy (non-hydrogen) atoms. The summed E-state index contributed by atoms with van der Waals surface area (Å²) in [4.78, 5) is 5.55. The molecular weight excluding hydrogens is 196 g/mol. The van der Waals surface area contributed by atoms with Gasteiger partial charge in [-0.3, -0.25) is 15.7 Å². The molecule has 1 unspecified atom stereocenters. The first-order valence-electron chi connectivity index (χ1n) is 5.05. The van der Waals surface area contributed by atoms with Gasteiger partial charge in [0.15, 0.2) is 0 Å². The van der Waals surface area contributed by atoms with Crippen LogP contribution in [0.15, 0.2) is 15.6 Å². The van der Waals surface area contributed by atoms with Crippen LogP contribution in [0.3, 0.4) is 0 Å². The topological polar surface area (TPSA) is 44.6 Å². The van der Waals surface area contributed by atoms with Gasteiger partial charge in [-0.25, -0.2) is 0 Å². The van der Waals surface area contributed by atoms with Gasteiger partial charge in [0.2, 0.25) is 0 Å². The average Bonchev–Trinajstić information content (AvgIpc) is 2.29. The van der Waals surface area contributed by atoms with Gasteiger partial charge in [0, 0.05) is 17.2 Å². The number of thioether (sulfide) groups is 1. The van der Waals surface area contributed by atoms with Crippen molar-refractivity contribution in [2.75, 3.05) is 5.75 Å². The molecule has 3 nitrogen and oxygen atoms in total. The molecule has 1 aliphatic heterocycles. The summed E-state index contributed by atoms with van der Waals surface area (Å²) in [6.07, 6.45) is 5.16. The lowest BCUT2D eigenvalue weighted by Gasteiger charge is -2.07. The fourth-order valence-electron chi connectivity index (χ4n) is 1.38. The molecule has 1 aliphatic rings. The number of hydrogen-bond acceptors (Lipinski definition) is 4. The lowest BCUT2D eigenvalue weighted by molar-refractivity contribution is 0.207. The van der Waals surface area contributed by atoms with Gasteiger partial charge in [-0.05, 0) is 31.9 Å². The molecule has 0 fully saturated rings. The molecule has 0 saturated carbocycles.